The summed E-state index contributed by atoms with van der Waals surface area (Å²) in [4.78, 5) is 17.2. The minimum Gasteiger partial charge on any atom is -0.328 e. The van der Waals surface area contributed by atoms with E-state index in [1.807, 2.05) is 53.2 Å². The van der Waals surface area contributed by atoms with Crippen LogP contribution in [0.1, 0.15) is 28.4 Å². The molecule has 3 rings (SSSR count). The molecule has 0 aliphatic rings. The van der Waals surface area contributed by atoms with Gasteiger partial charge < -0.3 is 4.57 Å². The van der Waals surface area contributed by atoms with Gasteiger partial charge in [0.1, 0.15) is 5.49 Å². The van der Waals surface area contributed by atoms with Gasteiger partial charge in [-0.3, -0.25) is 4.79 Å². The van der Waals surface area contributed by atoms with Crippen LogP contribution in [0, 0.1) is 6.92 Å². The molecule has 3 aromatic rings. The Kier molecular flexibility index (Phi) is 6.41. The first-order chi connectivity index (χ1) is 13.9. The van der Waals surface area contributed by atoms with Gasteiger partial charge in [-0.25, -0.2) is 13.1 Å². The molecule has 2 aromatic carbocycles. The summed E-state index contributed by atoms with van der Waals surface area (Å²) in [6, 6.07) is 19.8. The summed E-state index contributed by atoms with van der Waals surface area (Å²) < 4.78 is 28.9. The van der Waals surface area contributed by atoms with Gasteiger partial charge in [-0.2, -0.15) is 4.99 Å². The lowest BCUT2D eigenvalue weighted by molar-refractivity contribution is 0.0996. The van der Waals surface area contributed by atoms with Crippen LogP contribution < -0.4 is 10.2 Å². The Morgan fingerprint density at radius 2 is 1.76 bits per heavy atom. The van der Waals surface area contributed by atoms with Crippen molar-refractivity contribution >= 4 is 15.9 Å². The fourth-order valence-electron chi connectivity index (χ4n) is 2.92. The van der Waals surface area contributed by atoms with Crippen molar-refractivity contribution in [3.8, 4) is 0 Å². The molecule has 1 N–H and O–H groups in total. The SMILES string of the molecule is CCNS(=O)(=O)c1ccc(C)c(C(=O)N=c2ccccn2Cc2ccccc2)c1. The predicted octanol–water partition coefficient (Wildman–Crippen LogP) is 2.88. The Bertz CT molecular complexity index is 1180. The van der Waals surface area contributed by atoms with Crippen LogP contribution in [0.25, 0.3) is 0 Å². The molecule has 150 valence electrons. The zero-order valence-corrected chi connectivity index (χ0v) is 17.2. The number of nitrogens with one attached hydrogen (secondary N) is 1. The number of benzene rings is 2. The molecule has 1 heterocycles. The van der Waals surface area contributed by atoms with Gasteiger partial charge in [-0.05, 0) is 42.3 Å². The summed E-state index contributed by atoms with van der Waals surface area (Å²) in [6.07, 6.45) is 1.86. The highest BCUT2D eigenvalue weighted by atomic mass is 32.2. The third kappa shape index (κ3) is 5.07. The summed E-state index contributed by atoms with van der Waals surface area (Å²) in [5, 5.41) is 0. The number of carbonyl (C=O) groups is 1. The number of aryl methyl sites for hydroxylation is 1. The maximum absolute atomic E-state index is 12.9. The van der Waals surface area contributed by atoms with Crippen LogP contribution in [-0.4, -0.2) is 25.4 Å². The van der Waals surface area contributed by atoms with E-state index in [1.165, 1.54) is 12.1 Å². The fraction of sp³-hybridized carbons (Fsp3) is 0.182. The Hall–Kier alpha value is -3.03. The lowest BCUT2D eigenvalue weighted by Crippen LogP contribution is -2.24. The van der Waals surface area contributed by atoms with Crippen molar-refractivity contribution in [3.63, 3.8) is 0 Å². The van der Waals surface area contributed by atoms with Gasteiger partial charge in [0.2, 0.25) is 10.0 Å². The van der Waals surface area contributed by atoms with Gasteiger partial charge in [0.05, 0.1) is 4.90 Å². The van der Waals surface area contributed by atoms with Crippen LogP contribution in [0.3, 0.4) is 0 Å². The smallest absolute Gasteiger partial charge is 0.279 e. The third-order valence-corrected chi connectivity index (χ3v) is 5.96. The Morgan fingerprint density at radius 3 is 2.48 bits per heavy atom. The van der Waals surface area contributed by atoms with Gasteiger partial charge in [-0.1, -0.05) is 49.4 Å². The van der Waals surface area contributed by atoms with E-state index in [2.05, 4.69) is 9.71 Å². The monoisotopic (exact) mass is 409 g/mol. The summed E-state index contributed by atoms with van der Waals surface area (Å²) in [6.45, 7) is 4.30. The van der Waals surface area contributed by atoms with Gasteiger partial charge in [0.15, 0.2) is 0 Å². The Morgan fingerprint density at radius 1 is 1.03 bits per heavy atom. The second-order valence-electron chi connectivity index (χ2n) is 6.57. The van der Waals surface area contributed by atoms with E-state index >= 15 is 0 Å². The number of aromatic nitrogens is 1. The van der Waals surface area contributed by atoms with Crippen LogP contribution in [0.15, 0.2) is 82.8 Å². The van der Waals surface area contributed by atoms with Gasteiger partial charge in [0.25, 0.3) is 5.91 Å². The summed E-state index contributed by atoms with van der Waals surface area (Å²) >= 11 is 0. The molecule has 0 fully saturated rings. The predicted molar refractivity (Wildman–Crippen MR) is 112 cm³/mol. The highest BCUT2D eigenvalue weighted by molar-refractivity contribution is 7.89. The van der Waals surface area contributed by atoms with Gasteiger partial charge in [-0.15, -0.1) is 0 Å². The quantitative estimate of drug-likeness (QED) is 0.680. The van der Waals surface area contributed by atoms with E-state index in [1.54, 1.807) is 26.0 Å². The molecule has 0 aliphatic heterocycles. The van der Waals surface area contributed by atoms with Crippen molar-refractivity contribution in [2.75, 3.05) is 6.54 Å². The Balaban J connectivity index is 1.99. The zero-order chi connectivity index (χ0) is 20.9. The number of hydrogen-bond donors (Lipinski definition) is 1. The number of carbonyl (C=O) groups excluding carboxylic acids is 1. The molecule has 1 amide bonds. The van der Waals surface area contributed by atoms with Crippen LogP contribution in [0.2, 0.25) is 0 Å². The second-order valence-corrected chi connectivity index (χ2v) is 8.33. The lowest BCUT2D eigenvalue weighted by Gasteiger charge is -2.09. The molecule has 1 aromatic heterocycles. The molecular formula is C22H23N3O3S. The molecule has 0 radical (unpaired) electrons. The largest absolute Gasteiger partial charge is 0.328 e. The highest BCUT2D eigenvalue weighted by Gasteiger charge is 2.17. The first kappa shape index (κ1) is 20.7. The number of hydrogen-bond acceptors (Lipinski definition) is 3. The fourth-order valence-corrected chi connectivity index (χ4v) is 3.99. The molecule has 6 nitrogen and oxygen atoms in total. The van der Waals surface area contributed by atoms with E-state index in [0.717, 1.165) is 5.56 Å². The van der Waals surface area contributed by atoms with Crippen LogP contribution in [0.4, 0.5) is 0 Å². The topological polar surface area (TPSA) is 80.5 Å². The van der Waals surface area contributed by atoms with Crippen molar-refractivity contribution in [3.05, 3.63) is 95.1 Å². The minimum absolute atomic E-state index is 0.0497. The molecule has 0 bridgehead atoms. The number of amides is 1. The standard InChI is InChI=1S/C22H23N3O3S/c1-3-23-29(27,28)19-13-12-17(2)20(15-19)22(26)24-21-11-7-8-14-25(21)16-18-9-5-4-6-10-18/h4-15,23H,3,16H2,1-2H3. The van der Waals surface area contributed by atoms with Gasteiger partial charge in [0, 0.05) is 24.8 Å². The summed E-state index contributed by atoms with van der Waals surface area (Å²) in [5.41, 5.74) is 2.52. The average Bonchev–Trinajstić information content (AvgIpc) is 2.70. The zero-order valence-electron chi connectivity index (χ0n) is 16.4. The van der Waals surface area contributed by atoms with Crippen LogP contribution >= 0.6 is 0 Å². The number of sulfonamides is 1. The molecule has 29 heavy (non-hydrogen) atoms. The molecular weight excluding hydrogens is 386 g/mol. The maximum Gasteiger partial charge on any atom is 0.279 e. The third-order valence-electron chi connectivity index (χ3n) is 4.41. The number of rotatable bonds is 6. The van der Waals surface area contributed by atoms with Crippen molar-refractivity contribution in [1.82, 2.24) is 9.29 Å². The van der Waals surface area contributed by atoms with E-state index in [9.17, 15) is 13.2 Å². The molecule has 7 heteroatoms. The van der Waals surface area contributed by atoms with Crippen molar-refractivity contribution in [1.29, 1.82) is 0 Å². The number of nitrogens with zero attached hydrogens (tertiary/aromatic N) is 2. The molecule has 0 saturated carbocycles. The van der Waals surface area contributed by atoms with Gasteiger partial charge >= 0.3 is 0 Å². The normalized spacial score (nSPS) is 12.1. The Labute approximate surface area is 170 Å². The molecule has 0 saturated heterocycles. The minimum atomic E-state index is -3.65. The average molecular weight is 410 g/mol. The van der Waals surface area contributed by atoms with Crippen molar-refractivity contribution < 1.29 is 13.2 Å². The number of pyridine rings is 1. The van der Waals surface area contributed by atoms with E-state index in [-0.39, 0.29) is 17.0 Å². The van der Waals surface area contributed by atoms with Crippen LogP contribution in [0.5, 0.6) is 0 Å². The first-order valence-corrected chi connectivity index (χ1v) is 10.8. The lowest BCUT2D eigenvalue weighted by atomic mass is 10.1. The highest BCUT2D eigenvalue weighted by Crippen LogP contribution is 2.16. The van der Waals surface area contributed by atoms with E-state index < -0.39 is 15.9 Å². The molecule has 0 atom stereocenters. The molecule has 0 aliphatic carbocycles. The molecule has 0 unspecified atom stereocenters. The summed E-state index contributed by atoms with van der Waals surface area (Å²) in [5.74, 6) is -0.482. The van der Waals surface area contributed by atoms with Crippen LogP contribution in [-0.2, 0) is 16.6 Å². The van der Waals surface area contributed by atoms with Crippen molar-refractivity contribution in [2.24, 2.45) is 4.99 Å². The summed E-state index contributed by atoms with van der Waals surface area (Å²) in [7, 11) is -3.65. The van der Waals surface area contributed by atoms with Crippen molar-refractivity contribution in [2.45, 2.75) is 25.3 Å². The maximum atomic E-state index is 12.9. The van der Waals surface area contributed by atoms with E-state index in [4.69, 9.17) is 0 Å². The second kappa shape index (κ2) is 8.98. The first-order valence-electron chi connectivity index (χ1n) is 9.29. The van der Waals surface area contributed by atoms with E-state index in [0.29, 0.717) is 17.6 Å². The molecule has 0 spiro atoms.